The molecule has 0 amide bonds. The minimum atomic E-state index is 0.341. The Hall–Kier alpha value is -1.89. The number of allylic oxidation sites excluding steroid dienone is 1. The Bertz CT molecular complexity index is 351. The molecule has 1 aromatic heterocycles. The molecule has 0 fully saturated rings. The SMILES string of the molecule is C/C=C/CCNc1nccnc1C#N. The van der Waals surface area contributed by atoms with Crippen molar-refractivity contribution in [2.75, 3.05) is 11.9 Å². The number of aromatic nitrogens is 2. The highest BCUT2D eigenvalue weighted by Crippen LogP contribution is 2.05. The monoisotopic (exact) mass is 188 g/mol. The number of anilines is 1. The molecule has 4 heteroatoms. The third kappa shape index (κ3) is 2.87. The lowest BCUT2D eigenvalue weighted by atomic mass is 10.3. The Morgan fingerprint density at radius 1 is 1.50 bits per heavy atom. The van der Waals surface area contributed by atoms with Crippen molar-refractivity contribution in [3.05, 3.63) is 30.2 Å². The van der Waals surface area contributed by atoms with Crippen molar-refractivity contribution in [2.24, 2.45) is 0 Å². The number of nitrogens with one attached hydrogen (secondary N) is 1. The Balaban J connectivity index is 2.54. The molecule has 0 aliphatic heterocycles. The van der Waals surface area contributed by atoms with Crippen molar-refractivity contribution in [3.63, 3.8) is 0 Å². The molecule has 72 valence electrons. The zero-order chi connectivity index (χ0) is 10.2. The van der Waals surface area contributed by atoms with Crippen LogP contribution in [0.2, 0.25) is 0 Å². The average molecular weight is 188 g/mol. The molecule has 1 aromatic rings. The molecule has 0 atom stereocenters. The highest BCUT2D eigenvalue weighted by atomic mass is 15.0. The van der Waals surface area contributed by atoms with Crippen LogP contribution >= 0.6 is 0 Å². The topological polar surface area (TPSA) is 61.6 Å². The summed E-state index contributed by atoms with van der Waals surface area (Å²) < 4.78 is 0. The minimum absolute atomic E-state index is 0.341. The van der Waals surface area contributed by atoms with E-state index < -0.39 is 0 Å². The quantitative estimate of drug-likeness (QED) is 0.577. The van der Waals surface area contributed by atoms with E-state index in [4.69, 9.17) is 5.26 Å². The van der Waals surface area contributed by atoms with Crippen molar-refractivity contribution in [1.82, 2.24) is 9.97 Å². The van der Waals surface area contributed by atoms with Crippen molar-refractivity contribution in [3.8, 4) is 6.07 Å². The molecule has 0 unspecified atom stereocenters. The molecule has 0 aromatic carbocycles. The van der Waals surface area contributed by atoms with Gasteiger partial charge in [0.15, 0.2) is 11.5 Å². The van der Waals surface area contributed by atoms with Crippen molar-refractivity contribution < 1.29 is 0 Å². The van der Waals surface area contributed by atoms with E-state index >= 15 is 0 Å². The normalized spacial score (nSPS) is 10.0. The first-order chi connectivity index (χ1) is 6.88. The second-order valence-electron chi connectivity index (χ2n) is 2.65. The van der Waals surface area contributed by atoms with Gasteiger partial charge in [-0.25, -0.2) is 9.97 Å². The molecule has 0 saturated carbocycles. The maximum Gasteiger partial charge on any atom is 0.182 e. The molecule has 0 bridgehead atoms. The van der Waals surface area contributed by atoms with Crippen LogP contribution in [0.15, 0.2) is 24.5 Å². The average Bonchev–Trinajstić information content (AvgIpc) is 2.25. The molecule has 0 aliphatic rings. The first-order valence-electron chi connectivity index (χ1n) is 4.44. The Morgan fingerprint density at radius 3 is 3.00 bits per heavy atom. The molecule has 0 radical (unpaired) electrons. The van der Waals surface area contributed by atoms with Gasteiger partial charge < -0.3 is 5.32 Å². The van der Waals surface area contributed by atoms with Crippen LogP contribution < -0.4 is 5.32 Å². The summed E-state index contributed by atoms with van der Waals surface area (Å²) in [5.74, 6) is 0.555. The standard InChI is InChI=1S/C10H12N4/c1-2-3-4-5-13-10-9(8-11)12-6-7-14-10/h2-3,6-7H,4-5H2,1H3,(H,13,14)/b3-2+. The van der Waals surface area contributed by atoms with Crippen molar-refractivity contribution in [2.45, 2.75) is 13.3 Å². The zero-order valence-corrected chi connectivity index (χ0v) is 8.07. The van der Waals surface area contributed by atoms with Gasteiger partial charge in [-0.05, 0) is 13.3 Å². The number of hydrogen-bond donors (Lipinski definition) is 1. The summed E-state index contributed by atoms with van der Waals surface area (Å²) in [7, 11) is 0. The van der Waals surface area contributed by atoms with Gasteiger partial charge in [0.05, 0.1) is 0 Å². The molecule has 0 aliphatic carbocycles. The van der Waals surface area contributed by atoms with Crippen LogP contribution in [0, 0.1) is 11.3 Å². The van der Waals surface area contributed by atoms with Gasteiger partial charge in [-0.2, -0.15) is 5.26 Å². The van der Waals surface area contributed by atoms with E-state index in [0.29, 0.717) is 11.5 Å². The van der Waals surface area contributed by atoms with Gasteiger partial charge in [0.25, 0.3) is 0 Å². The summed E-state index contributed by atoms with van der Waals surface area (Å²) >= 11 is 0. The molecule has 14 heavy (non-hydrogen) atoms. The summed E-state index contributed by atoms with van der Waals surface area (Å²) in [5, 5.41) is 11.8. The maximum atomic E-state index is 8.71. The van der Waals surface area contributed by atoms with Gasteiger partial charge in [0.2, 0.25) is 0 Å². The second-order valence-corrected chi connectivity index (χ2v) is 2.65. The molecule has 0 saturated heterocycles. The second kappa shape index (κ2) is 5.70. The molecule has 1 heterocycles. The molecular weight excluding hydrogens is 176 g/mol. The summed E-state index contributed by atoms with van der Waals surface area (Å²) in [5.41, 5.74) is 0.341. The molecule has 1 rings (SSSR count). The molecule has 0 spiro atoms. The highest BCUT2D eigenvalue weighted by Gasteiger charge is 2.00. The van der Waals surface area contributed by atoms with E-state index in [1.807, 2.05) is 19.1 Å². The predicted molar refractivity (Wildman–Crippen MR) is 54.7 cm³/mol. The fourth-order valence-corrected chi connectivity index (χ4v) is 0.990. The highest BCUT2D eigenvalue weighted by molar-refractivity contribution is 5.46. The van der Waals surface area contributed by atoms with E-state index in [1.165, 1.54) is 6.20 Å². The molecular formula is C10H12N4. The summed E-state index contributed by atoms with van der Waals surface area (Å²) in [4.78, 5) is 7.92. The lowest BCUT2D eigenvalue weighted by Crippen LogP contribution is -2.05. The number of nitriles is 1. The van der Waals surface area contributed by atoms with Crippen LogP contribution in [0.4, 0.5) is 5.82 Å². The minimum Gasteiger partial charge on any atom is -0.367 e. The summed E-state index contributed by atoms with van der Waals surface area (Å²) in [6.07, 6.45) is 8.03. The van der Waals surface area contributed by atoms with Crippen LogP contribution in [0.3, 0.4) is 0 Å². The van der Waals surface area contributed by atoms with Gasteiger partial charge >= 0.3 is 0 Å². The first kappa shape index (κ1) is 10.2. The third-order valence-corrected chi connectivity index (χ3v) is 1.64. The van der Waals surface area contributed by atoms with Gasteiger partial charge in [-0.15, -0.1) is 0 Å². The largest absolute Gasteiger partial charge is 0.367 e. The summed E-state index contributed by atoms with van der Waals surface area (Å²) in [6.45, 7) is 2.74. The number of nitrogens with zero attached hydrogens (tertiary/aromatic N) is 3. The fraction of sp³-hybridized carbons (Fsp3) is 0.300. The van der Waals surface area contributed by atoms with Crippen LogP contribution in [0.1, 0.15) is 19.0 Å². The molecule has 1 N–H and O–H groups in total. The van der Waals surface area contributed by atoms with Crippen LogP contribution in [-0.2, 0) is 0 Å². The van der Waals surface area contributed by atoms with E-state index in [2.05, 4.69) is 21.4 Å². The van der Waals surface area contributed by atoms with E-state index in [1.54, 1.807) is 6.20 Å². The summed E-state index contributed by atoms with van der Waals surface area (Å²) in [6, 6.07) is 1.98. The smallest absolute Gasteiger partial charge is 0.182 e. The Morgan fingerprint density at radius 2 is 2.29 bits per heavy atom. The van der Waals surface area contributed by atoms with Gasteiger partial charge in [0, 0.05) is 18.9 Å². The van der Waals surface area contributed by atoms with E-state index in [0.717, 1.165) is 13.0 Å². The fourth-order valence-electron chi connectivity index (χ4n) is 0.990. The first-order valence-corrected chi connectivity index (χ1v) is 4.44. The Labute approximate surface area is 83.3 Å². The predicted octanol–water partition coefficient (Wildman–Crippen LogP) is 1.73. The van der Waals surface area contributed by atoms with Crippen molar-refractivity contribution >= 4 is 5.82 Å². The van der Waals surface area contributed by atoms with Crippen LogP contribution in [0.5, 0.6) is 0 Å². The van der Waals surface area contributed by atoms with Crippen LogP contribution in [-0.4, -0.2) is 16.5 Å². The van der Waals surface area contributed by atoms with E-state index in [-0.39, 0.29) is 0 Å². The maximum absolute atomic E-state index is 8.71. The third-order valence-electron chi connectivity index (χ3n) is 1.64. The Kier molecular flexibility index (Phi) is 4.15. The van der Waals surface area contributed by atoms with E-state index in [9.17, 15) is 0 Å². The van der Waals surface area contributed by atoms with Crippen molar-refractivity contribution in [1.29, 1.82) is 5.26 Å². The lowest BCUT2D eigenvalue weighted by Gasteiger charge is -2.03. The lowest BCUT2D eigenvalue weighted by molar-refractivity contribution is 1.03. The molecule has 4 nitrogen and oxygen atoms in total. The number of hydrogen-bond acceptors (Lipinski definition) is 4. The van der Waals surface area contributed by atoms with Gasteiger partial charge in [0.1, 0.15) is 6.07 Å². The number of rotatable bonds is 4. The zero-order valence-electron chi connectivity index (χ0n) is 8.07. The van der Waals surface area contributed by atoms with Crippen LogP contribution in [0.25, 0.3) is 0 Å². The van der Waals surface area contributed by atoms with Gasteiger partial charge in [-0.1, -0.05) is 12.2 Å². The van der Waals surface area contributed by atoms with Gasteiger partial charge in [-0.3, -0.25) is 0 Å².